The molecule has 5 heteroatoms. The maximum Gasteiger partial charge on any atom is 0.275 e. The molecule has 1 fully saturated rings. The zero-order chi connectivity index (χ0) is 16.1. The second-order valence-corrected chi connectivity index (χ2v) is 6.90. The second kappa shape index (κ2) is 7.62. The second-order valence-electron chi connectivity index (χ2n) is 5.92. The number of likely N-dealkylation sites (tertiary alicyclic amines) is 1. The van der Waals surface area contributed by atoms with Gasteiger partial charge in [0.1, 0.15) is 11.8 Å². The number of carbonyl (C=O) groups excluding carboxylic acids is 1. The van der Waals surface area contributed by atoms with Gasteiger partial charge in [0.2, 0.25) is 0 Å². The van der Waals surface area contributed by atoms with Crippen LogP contribution in [0.2, 0.25) is 0 Å². The van der Waals surface area contributed by atoms with Crippen LogP contribution < -0.4 is 15.0 Å². The molecule has 0 aliphatic carbocycles. The van der Waals surface area contributed by atoms with Crippen LogP contribution >= 0.6 is 11.3 Å². The molecule has 1 aliphatic rings. The summed E-state index contributed by atoms with van der Waals surface area (Å²) >= 11 is 1.80. The highest BCUT2D eigenvalue weighted by Crippen LogP contribution is 2.23. The van der Waals surface area contributed by atoms with Gasteiger partial charge in [0.25, 0.3) is 5.91 Å². The van der Waals surface area contributed by atoms with E-state index in [-0.39, 0.29) is 5.91 Å². The number of carbonyl (C=O) groups is 1. The largest absolute Gasteiger partial charge is 0.497 e. The number of amides is 1. The van der Waals surface area contributed by atoms with Gasteiger partial charge in [-0.15, -0.1) is 11.3 Å². The highest BCUT2D eigenvalue weighted by atomic mass is 32.1. The van der Waals surface area contributed by atoms with Crippen molar-refractivity contribution < 1.29 is 14.4 Å². The first kappa shape index (κ1) is 16.0. The molecule has 3 rings (SSSR count). The van der Waals surface area contributed by atoms with Gasteiger partial charge in [0.15, 0.2) is 6.54 Å². The number of quaternary nitrogens is 1. The van der Waals surface area contributed by atoms with Gasteiger partial charge in [-0.3, -0.25) is 4.79 Å². The minimum absolute atomic E-state index is 0.124. The van der Waals surface area contributed by atoms with Gasteiger partial charge in [-0.1, -0.05) is 18.2 Å². The highest BCUT2D eigenvalue weighted by Gasteiger charge is 2.32. The van der Waals surface area contributed by atoms with Crippen LogP contribution in [0.3, 0.4) is 0 Å². The van der Waals surface area contributed by atoms with Crippen LogP contribution in [0.1, 0.15) is 29.3 Å². The molecule has 1 amide bonds. The van der Waals surface area contributed by atoms with Crippen LogP contribution in [0.15, 0.2) is 41.8 Å². The molecule has 23 heavy (non-hydrogen) atoms. The van der Waals surface area contributed by atoms with Crippen LogP contribution in [0.4, 0.5) is 0 Å². The maximum atomic E-state index is 12.3. The molecule has 0 spiro atoms. The number of ether oxygens (including phenoxy) is 1. The van der Waals surface area contributed by atoms with E-state index in [1.54, 1.807) is 18.4 Å². The summed E-state index contributed by atoms with van der Waals surface area (Å²) in [6.45, 7) is 2.21. The van der Waals surface area contributed by atoms with E-state index < -0.39 is 0 Å². The molecule has 2 atom stereocenters. The lowest BCUT2D eigenvalue weighted by Gasteiger charge is -2.20. The summed E-state index contributed by atoms with van der Waals surface area (Å²) in [5.41, 5.74) is 1.09. The Hall–Kier alpha value is -1.85. The lowest BCUT2D eigenvalue weighted by Crippen LogP contribution is -3.11. The van der Waals surface area contributed by atoms with E-state index in [4.69, 9.17) is 4.74 Å². The molecule has 2 heterocycles. The quantitative estimate of drug-likeness (QED) is 0.847. The third-order valence-electron chi connectivity index (χ3n) is 4.41. The Morgan fingerprint density at radius 2 is 2.17 bits per heavy atom. The van der Waals surface area contributed by atoms with Crippen molar-refractivity contribution in [2.75, 3.05) is 20.2 Å². The van der Waals surface area contributed by atoms with Gasteiger partial charge >= 0.3 is 0 Å². The van der Waals surface area contributed by atoms with Gasteiger partial charge in [0.05, 0.1) is 18.5 Å². The van der Waals surface area contributed by atoms with E-state index in [0.29, 0.717) is 19.1 Å². The molecule has 4 nitrogen and oxygen atoms in total. The summed E-state index contributed by atoms with van der Waals surface area (Å²) in [7, 11) is 1.65. The molecular formula is C18H23N2O2S+. The molecule has 1 aromatic heterocycles. The van der Waals surface area contributed by atoms with Crippen LogP contribution in [0.5, 0.6) is 5.75 Å². The molecule has 1 saturated heterocycles. The summed E-state index contributed by atoms with van der Waals surface area (Å²) < 4.78 is 5.14. The molecular weight excluding hydrogens is 308 g/mol. The average Bonchev–Trinajstić information content (AvgIpc) is 3.24. The summed E-state index contributed by atoms with van der Waals surface area (Å²) in [5, 5.41) is 5.15. The topological polar surface area (TPSA) is 42.8 Å². The van der Waals surface area contributed by atoms with E-state index in [1.165, 1.54) is 22.6 Å². The van der Waals surface area contributed by atoms with Crippen molar-refractivity contribution in [3.05, 3.63) is 52.2 Å². The van der Waals surface area contributed by atoms with Gasteiger partial charge in [-0.05, 0) is 29.1 Å². The SMILES string of the molecule is COc1ccc(CNC(=O)C[NH+]2CCC[C@H]2c2cccs2)cc1. The van der Waals surface area contributed by atoms with E-state index in [9.17, 15) is 4.79 Å². The molecule has 2 N–H and O–H groups in total. The molecule has 1 aromatic carbocycles. The van der Waals surface area contributed by atoms with Gasteiger partial charge in [-0.25, -0.2) is 0 Å². The molecule has 1 unspecified atom stereocenters. The zero-order valence-corrected chi connectivity index (χ0v) is 14.2. The van der Waals surface area contributed by atoms with E-state index in [0.717, 1.165) is 17.9 Å². The van der Waals surface area contributed by atoms with Crippen molar-refractivity contribution in [3.63, 3.8) is 0 Å². The molecule has 2 aromatic rings. The van der Waals surface area contributed by atoms with E-state index in [1.807, 2.05) is 24.3 Å². The summed E-state index contributed by atoms with van der Waals surface area (Å²) in [6.07, 6.45) is 2.38. The van der Waals surface area contributed by atoms with Gasteiger partial charge in [0, 0.05) is 19.4 Å². The number of nitrogens with one attached hydrogen (secondary N) is 2. The lowest BCUT2D eigenvalue weighted by atomic mass is 10.2. The number of hydrogen-bond acceptors (Lipinski definition) is 3. The number of methoxy groups -OCH3 is 1. The lowest BCUT2D eigenvalue weighted by molar-refractivity contribution is -0.910. The standard InChI is InChI=1S/C18H22N2O2S/c1-22-15-8-6-14(7-9-15)12-19-18(21)13-20-10-2-4-16(20)17-5-3-11-23-17/h3,5-9,11,16H,2,4,10,12-13H2,1H3,(H,19,21)/p+1/t16-/m0/s1. The number of hydrogen-bond donors (Lipinski definition) is 2. The minimum atomic E-state index is 0.124. The third-order valence-corrected chi connectivity index (χ3v) is 5.39. The first-order chi connectivity index (χ1) is 11.3. The average molecular weight is 331 g/mol. The zero-order valence-electron chi connectivity index (χ0n) is 13.4. The normalized spacial score (nSPS) is 20.4. The fourth-order valence-corrected chi connectivity index (χ4v) is 4.09. The van der Waals surface area contributed by atoms with Crippen molar-refractivity contribution in [2.24, 2.45) is 0 Å². The monoisotopic (exact) mass is 331 g/mol. The van der Waals surface area contributed by atoms with Crippen LogP contribution in [-0.4, -0.2) is 26.1 Å². The Labute approximate surface area is 141 Å². The molecule has 0 saturated carbocycles. The van der Waals surface area contributed by atoms with E-state index >= 15 is 0 Å². The fraction of sp³-hybridized carbons (Fsp3) is 0.389. The summed E-state index contributed by atoms with van der Waals surface area (Å²) in [6, 6.07) is 12.6. The van der Waals surface area contributed by atoms with Crippen LogP contribution in [-0.2, 0) is 11.3 Å². The number of thiophene rings is 1. The predicted octanol–water partition coefficient (Wildman–Crippen LogP) is 1.79. The summed E-state index contributed by atoms with van der Waals surface area (Å²) in [5.74, 6) is 0.958. The van der Waals surface area contributed by atoms with Gasteiger partial charge in [-0.2, -0.15) is 0 Å². The minimum Gasteiger partial charge on any atom is -0.497 e. The Kier molecular flexibility index (Phi) is 5.31. The molecule has 0 bridgehead atoms. The Balaban J connectivity index is 1.50. The first-order valence-electron chi connectivity index (χ1n) is 8.04. The van der Waals surface area contributed by atoms with Crippen molar-refractivity contribution in [1.29, 1.82) is 0 Å². The Morgan fingerprint density at radius 3 is 2.87 bits per heavy atom. The molecule has 1 aliphatic heterocycles. The fourth-order valence-electron chi connectivity index (χ4n) is 3.17. The molecule has 122 valence electrons. The smallest absolute Gasteiger partial charge is 0.275 e. The number of benzene rings is 1. The first-order valence-corrected chi connectivity index (χ1v) is 8.92. The van der Waals surface area contributed by atoms with Crippen molar-refractivity contribution in [3.8, 4) is 5.75 Å². The maximum absolute atomic E-state index is 12.3. The van der Waals surface area contributed by atoms with Crippen LogP contribution in [0, 0.1) is 0 Å². The Morgan fingerprint density at radius 1 is 1.35 bits per heavy atom. The van der Waals surface area contributed by atoms with Gasteiger partial charge < -0.3 is 15.0 Å². The summed E-state index contributed by atoms with van der Waals surface area (Å²) in [4.78, 5) is 15.0. The molecule has 0 radical (unpaired) electrons. The highest BCUT2D eigenvalue weighted by molar-refractivity contribution is 7.10. The van der Waals surface area contributed by atoms with Crippen LogP contribution in [0.25, 0.3) is 0 Å². The van der Waals surface area contributed by atoms with Crippen molar-refractivity contribution in [2.45, 2.75) is 25.4 Å². The Bertz CT molecular complexity index is 625. The van der Waals surface area contributed by atoms with Crippen molar-refractivity contribution in [1.82, 2.24) is 5.32 Å². The van der Waals surface area contributed by atoms with Crippen molar-refractivity contribution >= 4 is 17.2 Å². The van der Waals surface area contributed by atoms with E-state index in [2.05, 4.69) is 22.8 Å². The number of rotatable bonds is 6. The predicted molar refractivity (Wildman–Crippen MR) is 91.8 cm³/mol. The third kappa shape index (κ3) is 4.12.